The average molecular weight is 1530 g/mol. The van der Waals surface area contributed by atoms with Gasteiger partial charge in [-0.25, -0.2) is 0 Å². The molecule has 0 bridgehead atoms. The van der Waals surface area contributed by atoms with Crippen LogP contribution in [0.4, 0.5) is 0 Å². The molecule has 49 heteroatoms. The average Bonchev–Trinajstić information content (AvgIpc) is 4.27. The first-order chi connectivity index (χ1) is 35.3. The van der Waals surface area contributed by atoms with Gasteiger partial charge in [0.15, 0.2) is 0 Å². The maximum absolute atomic E-state index is 11.2. The Morgan fingerprint density at radius 3 is 0.407 bits per heavy atom. The van der Waals surface area contributed by atoms with E-state index in [0.29, 0.717) is 33.4 Å². The second-order valence-corrected chi connectivity index (χ2v) is 13.2. The maximum atomic E-state index is 11.2. The molecule has 1 radical (unpaired) electrons. The van der Waals surface area contributed by atoms with Gasteiger partial charge in [0.1, 0.15) is 0 Å². The standard InChI is InChI=1S/6C7H5N4O.2Fe.7K.10H2O/c6*12-6-4-2-1-3-5(6)7-8-10-11-9-7;;;;;;;;;;;;;;;;;;;/h6*1-4H,(H-,8,9,10,11,12);;;;;;;;;;10*1H2/q6*-1;+2;+3;7*+1;;;;;;;;;;/p-6. The number of benzene rings is 6. The van der Waals surface area contributed by atoms with Crippen LogP contribution >= 0.6 is 0 Å². The number of aromatic nitrogens is 24. The summed E-state index contributed by atoms with van der Waals surface area (Å²) in [5.74, 6) is 0.961. The molecule has 12 aromatic rings. The molecule has 451 valence electrons. The minimum absolute atomic E-state index is 0. The number of hydrogen-bond donors (Lipinski definition) is 0. The molecule has 91 heavy (non-hydrogen) atoms. The summed E-state index contributed by atoms with van der Waals surface area (Å²) in [6, 6.07) is 39.0. The van der Waals surface area contributed by atoms with Crippen molar-refractivity contribution >= 4 is 0 Å². The Hall–Kier alpha value is 0.634. The molecule has 12 rings (SSSR count). The van der Waals surface area contributed by atoms with E-state index in [1.165, 1.54) is 36.4 Å². The third-order valence-electron chi connectivity index (χ3n) is 8.68. The summed E-state index contributed by atoms with van der Waals surface area (Å²) in [7, 11) is 0. The van der Waals surface area contributed by atoms with Gasteiger partial charge < -0.3 is 116 Å². The zero-order valence-electron chi connectivity index (χ0n) is 48.7. The molecule has 0 aliphatic carbocycles. The fraction of sp³-hybridized carbons (Fsp3) is 0. The van der Waals surface area contributed by atoms with Gasteiger partial charge in [-0.2, -0.15) is 31.3 Å². The van der Waals surface area contributed by atoms with Crippen molar-refractivity contribution in [1.82, 2.24) is 124 Å². The quantitative estimate of drug-likeness (QED) is 0.140. The molecular formula is C42H44Fe2K7N24O16. The smallest absolute Gasteiger partial charge is 0.872 e. The molecule has 0 unspecified atom stereocenters. The van der Waals surface area contributed by atoms with Crippen LogP contribution in [0.1, 0.15) is 0 Å². The van der Waals surface area contributed by atoms with Gasteiger partial charge in [-0.1, -0.05) is 146 Å². The van der Waals surface area contributed by atoms with Gasteiger partial charge in [0.05, 0.1) is 0 Å². The molecule has 0 saturated carbocycles. The largest absolute Gasteiger partial charge is 3.00 e. The maximum Gasteiger partial charge on any atom is 3.00 e. The summed E-state index contributed by atoms with van der Waals surface area (Å²) in [6.45, 7) is 0. The first-order valence-corrected chi connectivity index (χ1v) is 20.0. The molecule has 6 heterocycles. The van der Waals surface area contributed by atoms with E-state index in [1.54, 1.807) is 109 Å². The SMILES string of the molecule is O.O.O.O.O.O.O.O.O.O.[Fe+2].[Fe+3].[K+].[K+].[K+].[K+].[K+].[K+].[K+].[O-]c1ccccc1-c1nnn[n-]1.[O-]c1ccccc1-c1nnn[n-]1.[O-]c1ccccc1-c1nnn[n-]1.[O-]c1ccccc1-c1nnn[n-]1.[O-]c1ccccc1-c1nnn[n-]1.[O-]c1ccccc1-c1nnn[n-]1. The van der Waals surface area contributed by atoms with Crippen molar-refractivity contribution in [3.63, 3.8) is 0 Å². The van der Waals surface area contributed by atoms with E-state index >= 15 is 0 Å². The molecule has 0 spiro atoms. The third-order valence-corrected chi connectivity index (χ3v) is 8.68. The van der Waals surface area contributed by atoms with Crippen molar-refractivity contribution in [2.24, 2.45) is 0 Å². The number of rotatable bonds is 6. The third kappa shape index (κ3) is 40.5. The molecule has 6 aromatic carbocycles. The van der Waals surface area contributed by atoms with Gasteiger partial charge in [0.2, 0.25) is 0 Å². The van der Waals surface area contributed by atoms with Gasteiger partial charge in [-0.3, -0.25) is 61.9 Å². The van der Waals surface area contributed by atoms with Gasteiger partial charge in [-0.15, -0.1) is 34.5 Å². The summed E-state index contributed by atoms with van der Waals surface area (Å²) in [5, 5.41) is 149. The Morgan fingerprint density at radius 1 is 0.209 bits per heavy atom. The zero-order valence-corrected chi connectivity index (χ0v) is 72.8. The van der Waals surface area contributed by atoms with Gasteiger partial charge >= 0.3 is 394 Å². The predicted octanol–water partition coefficient (Wildman–Crippen LogP) is -31.8. The Balaban J connectivity index is -0.0000000700. The van der Waals surface area contributed by atoms with Crippen LogP contribution in [-0.2, 0) is 34.1 Å². The normalized spacial score (nSPS) is 7.91. The van der Waals surface area contributed by atoms with E-state index in [0.717, 1.165) is 0 Å². The number of nitrogens with zero attached hydrogens (tertiary/aromatic N) is 24. The topological polar surface area (TPSA) is 770 Å². The Kier molecular flexibility index (Phi) is 92.5. The molecule has 0 saturated heterocycles. The van der Waals surface area contributed by atoms with E-state index in [9.17, 15) is 30.6 Å². The van der Waals surface area contributed by atoms with Crippen LogP contribution in [0, 0.1) is 0 Å². The van der Waals surface area contributed by atoms with Crippen molar-refractivity contribution in [2.75, 3.05) is 0 Å². The summed E-state index contributed by atoms with van der Waals surface area (Å²) in [6.07, 6.45) is 0. The minimum atomic E-state index is -0.118. The van der Waals surface area contributed by atoms with Crippen molar-refractivity contribution in [1.29, 1.82) is 0 Å². The van der Waals surface area contributed by atoms with E-state index < -0.39 is 0 Å². The molecule has 0 aliphatic heterocycles. The van der Waals surface area contributed by atoms with Crippen LogP contribution in [0.3, 0.4) is 0 Å². The summed E-state index contributed by atoms with van der Waals surface area (Å²) >= 11 is 0. The number of tetrazole rings is 6. The molecule has 0 amide bonds. The van der Waals surface area contributed by atoms with Crippen LogP contribution in [0.15, 0.2) is 146 Å². The second kappa shape index (κ2) is 69.1. The minimum Gasteiger partial charge on any atom is -0.872 e. The predicted molar refractivity (Wildman–Crippen MR) is 264 cm³/mol. The number of para-hydroxylation sites is 6. The van der Waals surface area contributed by atoms with Crippen molar-refractivity contribution in [3.05, 3.63) is 146 Å². The fourth-order valence-electron chi connectivity index (χ4n) is 5.42. The van der Waals surface area contributed by atoms with Crippen molar-refractivity contribution < 1.29 is 479 Å². The summed E-state index contributed by atoms with van der Waals surface area (Å²) in [4.78, 5) is 0. The molecule has 40 nitrogen and oxygen atoms in total. The van der Waals surface area contributed by atoms with Crippen LogP contribution in [0.25, 0.3) is 68.3 Å². The van der Waals surface area contributed by atoms with E-state index in [1.807, 2.05) is 0 Å². The molecule has 0 fully saturated rings. The van der Waals surface area contributed by atoms with Crippen molar-refractivity contribution in [3.8, 4) is 103 Å². The van der Waals surface area contributed by atoms with Gasteiger partial charge in [-0.05, 0) is 33.4 Å². The van der Waals surface area contributed by atoms with E-state index in [-0.39, 0.29) is 518 Å². The second-order valence-electron chi connectivity index (χ2n) is 13.2. The Labute approximate surface area is 832 Å². The molecular weight excluding hydrogens is 1480 g/mol. The molecule has 0 aliphatic rings. The number of hydrogen-bond acceptors (Lipinski definition) is 24. The molecule has 0 atom stereocenters. The van der Waals surface area contributed by atoms with Gasteiger partial charge in [0.25, 0.3) is 0 Å². The summed E-state index contributed by atoms with van der Waals surface area (Å²) in [5.41, 5.74) is 2.60. The van der Waals surface area contributed by atoms with Crippen molar-refractivity contribution in [2.45, 2.75) is 0 Å². The Bertz CT molecular complexity index is 2890. The first-order valence-electron chi connectivity index (χ1n) is 20.0. The molecule has 6 aromatic heterocycles. The fourth-order valence-corrected chi connectivity index (χ4v) is 5.42. The van der Waals surface area contributed by atoms with Crippen LogP contribution in [0.5, 0.6) is 34.5 Å². The van der Waals surface area contributed by atoms with E-state index in [2.05, 4.69) is 124 Å². The first kappa shape index (κ1) is 122. The van der Waals surface area contributed by atoms with Crippen LogP contribution in [-0.4, -0.2) is 148 Å². The monoisotopic (exact) mass is 1520 g/mol. The van der Waals surface area contributed by atoms with Crippen LogP contribution < -0.4 is 421 Å². The van der Waals surface area contributed by atoms with Gasteiger partial charge in [0, 0.05) is 34.9 Å². The Morgan fingerprint density at radius 2 is 0.319 bits per heavy atom. The van der Waals surface area contributed by atoms with Crippen LogP contribution in [0.2, 0.25) is 0 Å². The van der Waals surface area contributed by atoms with E-state index in [4.69, 9.17) is 0 Å². The zero-order chi connectivity index (χ0) is 50.3. The molecule has 20 N–H and O–H groups in total. The summed E-state index contributed by atoms with van der Waals surface area (Å²) < 4.78 is 0.